The lowest BCUT2D eigenvalue weighted by molar-refractivity contribution is -0.385. The third-order valence-electron chi connectivity index (χ3n) is 2.38. The molecule has 100 valence electrons. The SMILES string of the molecule is CC(CS(C)=O)NCc1cccc([N+](=O)[O-])c1Br. The fourth-order valence-corrected chi connectivity index (χ4v) is 2.91. The summed E-state index contributed by atoms with van der Waals surface area (Å²) in [5, 5.41) is 14.0. The number of hydrogen-bond donors (Lipinski definition) is 1. The molecule has 0 aliphatic rings. The maximum absolute atomic E-state index is 11.0. The zero-order chi connectivity index (χ0) is 13.7. The number of rotatable bonds is 6. The predicted octanol–water partition coefficient (Wildman–Crippen LogP) is 2.21. The molecule has 2 atom stereocenters. The smallest absolute Gasteiger partial charge is 0.283 e. The van der Waals surface area contributed by atoms with Crippen LogP contribution in [0.3, 0.4) is 0 Å². The largest absolute Gasteiger partial charge is 0.309 e. The first-order valence-corrected chi connectivity index (χ1v) is 7.89. The first kappa shape index (κ1) is 15.3. The molecule has 0 fully saturated rings. The van der Waals surface area contributed by atoms with Crippen LogP contribution in [0.5, 0.6) is 0 Å². The number of halogens is 1. The molecule has 1 aromatic carbocycles. The van der Waals surface area contributed by atoms with Gasteiger partial charge in [-0.15, -0.1) is 0 Å². The Hall–Kier alpha value is -0.790. The number of hydrogen-bond acceptors (Lipinski definition) is 4. The number of nitro benzene ring substituents is 1. The summed E-state index contributed by atoms with van der Waals surface area (Å²) < 4.78 is 11.5. The van der Waals surface area contributed by atoms with Crippen molar-refractivity contribution >= 4 is 32.4 Å². The van der Waals surface area contributed by atoms with Crippen LogP contribution in [0.2, 0.25) is 0 Å². The lowest BCUT2D eigenvalue weighted by Crippen LogP contribution is -2.30. The fraction of sp³-hybridized carbons (Fsp3) is 0.455. The van der Waals surface area contributed by atoms with Gasteiger partial charge < -0.3 is 5.32 Å². The van der Waals surface area contributed by atoms with Gasteiger partial charge in [-0.1, -0.05) is 12.1 Å². The molecule has 0 saturated carbocycles. The Labute approximate surface area is 117 Å². The van der Waals surface area contributed by atoms with E-state index in [1.54, 1.807) is 12.3 Å². The van der Waals surface area contributed by atoms with E-state index in [0.29, 0.717) is 16.8 Å². The summed E-state index contributed by atoms with van der Waals surface area (Å²) in [6.45, 7) is 2.44. The minimum absolute atomic E-state index is 0.0565. The van der Waals surface area contributed by atoms with E-state index in [1.807, 2.05) is 13.0 Å². The summed E-state index contributed by atoms with van der Waals surface area (Å²) in [4.78, 5) is 10.4. The molecule has 0 saturated heterocycles. The predicted molar refractivity (Wildman–Crippen MR) is 76.0 cm³/mol. The van der Waals surface area contributed by atoms with Gasteiger partial charge in [0.1, 0.15) is 0 Å². The minimum atomic E-state index is -0.853. The van der Waals surface area contributed by atoms with Gasteiger partial charge in [0, 0.05) is 41.5 Å². The molecular formula is C11H15BrN2O3S. The molecule has 1 N–H and O–H groups in total. The summed E-state index contributed by atoms with van der Waals surface area (Å²) in [6, 6.07) is 5.03. The maximum Gasteiger partial charge on any atom is 0.283 e. The average molecular weight is 335 g/mol. The van der Waals surface area contributed by atoms with Crippen LogP contribution in [0.4, 0.5) is 5.69 Å². The first-order chi connectivity index (χ1) is 8.41. The second kappa shape index (κ2) is 6.96. The van der Waals surface area contributed by atoms with Crippen molar-refractivity contribution in [1.82, 2.24) is 5.32 Å². The molecule has 2 unspecified atom stereocenters. The molecule has 0 spiro atoms. The normalized spacial score (nSPS) is 14.2. The van der Waals surface area contributed by atoms with E-state index < -0.39 is 15.7 Å². The first-order valence-electron chi connectivity index (χ1n) is 5.37. The second-order valence-corrected chi connectivity index (χ2v) is 6.30. The summed E-state index contributed by atoms with van der Waals surface area (Å²) >= 11 is 3.24. The molecule has 5 nitrogen and oxygen atoms in total. The van der Waals surface area contributed by atoms with Crippen molar-refractivity contribution < 1.29 is 9.13 Å². The van der Waals surface area contributed by atoms with Crippen LogP contribution in [0.25, 0.3) is 0 Å². The van der Waals surface area contributed by atoms with Gasteiger partial charge in [-0.25, -0.2) is 0 Å². The quantitative estimate of drug-likeness (QED) is 0.639. The highest BCUT2D eigenvalue weighted by molar-refractivity contribution is 9.10. The number of nitrogens with zero attached hydrogens (tertiary/aromatic N) is 1. The number of nitro groups is 1. The molecule has 0 amide bonds. The van der Waals surface area contributed by atoms with E-state index in [-0.39, 0.29) is 11.7 Å². The van der Waals surface area contributed by atoms with Gasteiger partial charge in [0.2, 0.25) is 0 Å². The Kier molecular flexibility index (Phi) is 5.90. The van der Waals surface area contributed by atoms with Crippen molar-refractivity contribution in [2.75, 3.05) is 12.0 Å². The lowest BCUT2D eigenvalue weighted by atomic mass is 10.2. The molecule has 7 heteroatoms. The summed E-state index contributed by atoms with van der Waals surface area (Å²) in [5.74, 6) is 0.562. The van der Waals surface area contributed by atoms with Crippen molar-refractivity contribution in [2.24, 2.45) is 0 Å². The second-order valence-electron chi connectivity index (χ2n) is 4.03. The van der Waals surface area contributed by atoms with E-state index in [1.165, 1.54) is 6.07 Å². The third kappa shape index (κ3) is 4.47. The summed E-state index contributed by atoms with van der Waals surface area (Å²) in [5.41, 5.74) is 0.874. The van der Waals surface area contributed by atoms with E-state index >= 15 is 0 Å². The van der Waals surface area contributed by atoms with Crippen molar-refractivity contribution in [3.05, 3.63) is 38.3 Å². The Morgan fingerprint density at radius 1 is 1.56 bits per heavy atom. The van der Waals surface area contributed by atoms with Gasteiger partial charge in [-0.05, 0) is 28.4 Å². The molecule has 0 aliphatic heterocycles. The molecule has 0 radical (unpaired) electrons. The zero-order valence-corrected chi connectivity index (χ0v) is 12.6. The molecule has 0 heterocycles. The van der Waals surface area contributed by atoms with Crippen LogP contribution in [-0.2, 0) is 17.3 Å². The highest BCUT2D eigenvalue weighted by atomic mass is 79.9. The molecule has 0 aliphatic carbocycles. The Morgan fingerprint density at radius 3 is 2.78 bits per heavy atom. The maximum atomic E-state index is 11.0. The summed E-state index contributed by atoms with van der Waals surface area (Å²) in [7, 11) is -0.853. The van der Waals surface area contributed by atoms with Crippen molar-refractivity contribution in [3.8, 4) is 0 Å². The zero-order valence-electron chi connectivity index (χ0n) is 10.2. The van der Waals surface area contributed by atoms with Crippen molar-refractivity contribution in [3.63, 3.8) is 0 Å². The number of nitrogens with one attached hydrogen (secondary N) is 1. The van der Waals surface area contributed by atoms with Crippen LogP contribution >= 0.6 is 15.9 Å². The van der Waals surface area contributed by atoms with Crippen LogP contribution in [0, 0.1) is 10.1 Å². The van der Waals surface area contributed by atoms with Gasteiger partial charge in [0.05, 0.1) is 9.40 Å². The molecule has 18 heavy (non-hydrogen) atoms. The van der Waals surface area contributed by atoms with Crippen LogP contribution in [0.15, 0.2) is 22.7 Å². The monoisotopic (exact) mass is 334 g/mol. The van der Waals surface area contributed by atoms with Crippen LogP contribution < -0.4 is 5.32 Å². The molecule has 1 rings (SSSR count). The van der Waals surface area contributed by atoms with E-state index in [9.17, 15) is 14.3 Å². The van der Waals surface area contributed by atoms with E-state index in [4.69, 9.17) is 0 Å². The van der Waals surface area contributed by atoms with E-state index in [0.717, 1.165) is 5.56 Å². The number of benzene rings is 1. The standard InChI is InChI=1S/C11H15BrN2O3S/c1-8(7-18(2)17)13-6-9-4-3-5-10(11(9)12)14(15)16/h3-5,8,13H,6-7H2,1-2H3. The highest BCUT2D eigenvalue weighted by Crippen LogP contribution is 2.28. The Morgan fingerprint density at radius 2 is 2.22 bits per heavy atom. The molecule has 1 aromatic rings. The van der Waals surface area contributed by atoms with Crippen LogP contribution in [0.1, 0.15) is 12.5 Å². The van der Waals surface area contributed by atoms with Crippen LogP contribution in [-0.4, -0.2) is 27.2 Å². The molecule has 0 aromatic heterocycles. The molecular weight excluding hydrogens is 320 g/mol. The highest BCUT2D eigenvalue weighted by Gasteiger charge is 2.15. The van der Waals surface area contributed by atoms with Crippen molar-refractivity contribution in [1.29, 1.82) is 0 Å². The fourth-order valence-electron chi connectivity index (χ4n) is 1.54. The van der Waals surface area contributed by atoms with Gasteiger partial charge in [-0.3, -0.25) is 14.3 Å². The van der Waals surface area contributed by atoms with Gasteiger partial charge >= 0.3 is 0 Å². The lowest BCUT2D eigenvalue weighted by Gasteiger charge is -2.13. The Balaban J connectivity index is 2.71. The minimum Gasteiger partial charge on any atom is -0.309 e. The third-order valence-corrected chi connectivity index (χ3v) is 4.27. The average Bonchev–Trinajstić information content (AvgIpc) is 2.26. The van der Waals surface area contributed by atoms with E-state index in [2.05, 4.69) is 21.2 Å². The van der Waals surface area contributed by atoms with Crippen molar-refractivity contribution in [2.45, 2.75) is 19.5 Å². The van der Waals surface area contributed by atoms with Gasteiger partial charge in [0.15, 0.2) is 0 Å². The topological polar surface area (TPSA) is 72.2 Å². The van der Waals surface area contributed by atoms with Gasteiger partial charge in [0.25, 0.3) is 5.69 Å². The Bertz CT molecular complexity index is 468. The van der Waals surface area contributed by atoms with Gasteiger partial charge in [-0.2, -0.15) is 0 Å². The molecule has 0 bridgehead atoms. The summed E-state index contributed by atoms with van der Waals surface area (Å²) in [6.07, 6.45) is 1.65.